The van der Waals surface area contributed by atoms with Crippen molar-refractivity contribution in [3.63, 3.8) is 0 Å². The van der Waals surface area contributed by atoms with E-state index in [2.05, 4.69) is 34.9 Å². The molecule has 0 bridgehead atoms. The standard InChI is InChI=1S/C12H14N2/c13-8-11-6-5-10-7-9-3-1-2-4-12(9)14(10)11/h1-4,7,11H,5-6,8,13H2. The topological polar surface area (TPSA) is 30.9 Å². The highest BCUT2D eigenvalue weighted by molar-refractivity contribution is 5.81. The summed E-state index contributed by atoms with van der Waals surface area (Å²) < 4.78 is 2.41. The monoisotopic (exact) mass is 186 g/mol. The zero-order valence-electron chi connectivity index (χ0n) is 8.11. The van der Waals surface area contributed by atoms with Crippen molar-refractivity contribution in [3.05, 3.63) is 36.0 Å². The van der Waals surface area contributed by atoms with Gasteiger partial charge < -0.3 is 10.3 Å². The van der Waals surface area contributed by atoms with Gasteiger partial charge in [0.25, 0.3) is 0 Å². The van der Waals surface area contributed by atoms with Crippen LogP contribution in [0, 0.1) is 0 Å². The highest BCUT2D eigenvalue weighted by atomic mass is 15.1. The molecule has 0 spiro atoms. The normalized spacial score (nSPS) is 20.2. The summed E-state index contributed by atoms with van der Waals surface area (Å²) in [6.07, 6.45) is 2.38. The first kappa shape index (κ1) is 8.06. The van der Waals surface area contributed by atoms with Gasteiger partial charge in [0.05, 0.1) is 0 Å². The Morgan fingerprint density at radius 2 is 2.21 bits per heavy atom. The second-order valence-corrected chi connectivity index (χ2v) is 3.99. The number of benzene rings is 1. The van der Waals surface area contributed by atoms with Gasteiger partial charge in [0.15, 0.2) is 0 Å². The molecule has 0 fully saturated rings. The van der Waals surface area contributed by atoms with E-state index in [0.717, 1.165) is 6.54 Å². The lowest BCUT2D eigenvalue weighted by atomic mass is 10.1. The number of aryl methyl sites for hydroxylation is 1. The van der Waals surface area contributed by atoms with Crippen LogP contribution in [0.3, 0.4) is 0 Å². The zero-order valence-corrected chi connectivity index (χ0v) is 8.11. The first-order valence-corrected chi connectivity index (χ1v) is 5.19. The van der Waals surface area contributed by atoms with Gasteiger partial charge in [-0.2, -0.15) is 0 Å². The molecule has 0 radical (unpaired) electrons. The minimum atomic E-state index is 0.518. The van der Waals surface area contributed by atoms with Crippen molar-refractivity contribution in [2.24, 2.45) is 5.73 Å². The predicted molar refractivity (Wildman–Crippen MR) is 58.4 cm³/mol. The fraction of sp³-hybridized carbons (Fsp3) is 0.333. The van der Waals surface area contributed by atoms with Gasteiger partial charge in [-0.3, -0.25) is 0 Å². The lowest BCUT2D eigenvalue weighted by molar-refractivity contribution is 0.553. The average molecular weight is 186 g/mol. The quantitative estimate of drug-likeness (QED) is 0.726. The Kier molecular flexibility index (Phi) is 1.64. The van der Waals surface area contributed by atoms with Crippen LogP contribution in [-0.4, -0.2) is 11.1 Å². The molecule has 72 valence electrons. The van der Waals surface area contributed by atoms with E-state index in [1.807, 2.05) is 0 Å². The summed E-state index contributed by atoms with van der Waals surface area (Å²) in [5, 5.41) is 1.35. The van der Waals surface area contributed by atoms with Gasteiger partial charge in [-0.25, -0.2) is 0 Å². The van der Waals surface area contributed by atoms with E-state index in [1.165, 1.54) is 29.4 Å². The van der Waals surface area contributed by atoms with Gasteiger partial charge in [-0.1, -0.05) is 18.2 Å². The molecule has 1 atom stereocenters. The minimum Gasteiger partial charge on any atom is -0.340 e. The molecule has 2 nitrogen and oxygen atoms in total. The van der Waals surface area contributed by atoms with Gasteiger partial charge >= 0.3 is 0 Å². The maximum atomic E-state index is 5.78. The molecule has 0 aliphatic carbocycles. The molecule has 2 aromatic rings. The number of fused-ring (bicyclic) bond motifs is 3. The second kappa shape index (κ2) is 2.85. The summed E-state index contributed by atoms with van der Waals surface area (Å²) in [4.78, 5) is 0. The molecule has 1 aromatic heterocycles. The van der Waals surface area contributed by atoms with Gasteiger partial charge in [-0.05, 0) is 30.4 Å². The van der Waals surface area contributed by atoms with Crippen molar-refractivity contribution >= 4 is 10.9 Å². The van der Waals surface area contributed by atoms with Crippen LogP contribution < -0.4 is 5.73 Å². The molecule has 0 saturated carbocycles. The Hall–Kier alpha value is -1.28. The highest BCUT2D eigenvalue weighted by Gasteiger charge is 2.22. The first-order valence-electron chi connectivity index (χ1n) is 5.19. The highest BCUT2D eigenvalue weighted by Crippen LogP contribution is 2.32. The number of aromatic nitrogens is 1. The van der Waals surface area contributed by atoms with E-state index in [1.54, 1.807) is 0 Å². The summed E-state index contributed by atoms with van der Waals surface area (Å²) in [6.45, 7) is 0.756. The van der Waals surface area contributed by atoms with Gasteiger partial charge in [0.2, 0.25) is 0 Å². The van der Waals surface area contributed by atoms with Crippen LogP contribution in [0.2, 0.25) is 0 Å². The van der Waals surface area contributed by atoms with E-state index >= 15 is 0 Å². The molecule has 2 heteroatoms. The Morgan fingerprint density at radius 3 is 3.07 bits per heavy atom. The number of nitrogens with zero attached hydrogens (tertiary/aromatic N) is 1. The molecule has 3 rings (SSSR count). The molecule has 1 aliphatic rings. The Balaban J connectivity index is 2.29. The average Bonchev–Trinajstić information content (AvgIpc) is 2.75. The zero-order chi connectivity index (χ0) is 9.54. The Bertz CT molecular complexity index is 470. The number of hydrogen-bond acceptors (Lipinski definition) is 1. The Labute approximate surface area is 83.3 Å². The second-order valence-electron chi connectivity index (χ2n) is 3.99. The maximum absolute atomic E-state index is 5.78. The lowest BCUT2D eigenvalue weighted by Crippen LogP contribution is -2.15. The fourth-order valence-electron chi connectivity index (χ4n) is 2.52. The summed E-state index contributed by atoms with van der Waals surface area (Å²) in [6, 6.07) is 11.4. The van der Waals surface area contributed by atoms with E-state index in [9.17, 15) is 0 Å². The van der Waals surface area contributed by atoms with Crippen LogP contribution >= 0.6 is 0 Å². The van der Waals surface area contributed by atoms with Crippen LogP contribution in [0.15, 0.2) is 30.3 Å². The fourth-order valence-corrected chi connectivity index (χ4v) is 2.52. The van der Waals surface area contributed by atoms with E-state index in [-0.39, 0.29) is 0 Å². The molecule has 14 heavy (non-hydrogen) atoms. The number of para-hydroxylation sites is 1. The molecular weight excluding hydrogens is 172 g/mol. The van der Waals surface area contributed by atoms with Gasteiger partial charge in [-0.15, -0.1) is 0 Å². The Morgan fingerprint density at radius 1 is 1.36 bits per heavy atom. The molecule has 0 amide bonds. The van der Waals surface area contributed by atoms with Crippen LogP contribution in [0.5, 0.6) is 0 Å². The van der Waals surface area contributed by atoms with Crippen LogP contribution in [0.25, 0.3) is 10.9 Å². The molecular formula is C12H14N2. The maximum Gasteiger partial charge on any atom is 0.0485 e. The van der Waals surface area contributed by atoms with Crippen molar-refractivity contribution in [3.8, 4) is 0 Å². The van der Waals surface area contributed by atoms with Crippen molar-refractivity contribution < 1.29 is 0 Å². The molecule has 2 N–H and O–H groups in total. The number of nitrogens with two attached hydrogens (primary N) is 1. The first-order chi connectivity index (χ1) is 6.90. The third kappa shape index (κ3) is 0.946. The van der Waals surface area contributed by atoms with Crippen LogP contribution in [0.1, 0.15) is 18.2 Å². The summed E-state index contributed by atoms with van der Waals surface area (Å²) in [7, 11) is 0. The van der Waals surface area contributed by atoms with E-state index in [0.29, 0.717) is 6.04 Å². The number of hydrogen-bond donors (Lipinski definition) is 1. The molecule has 2 heterocycles. The SMILES string of the molecule is NCC1CCc2cc3ccccc3n21. The third-order valence-electron chi connectivity index (χ3n) is 3.20. The minimum absolute atomic E-state index is 0.518. The summed E-state index contributed by atoms with van der Waals surface area (Å²) >= 11 is 0. The van der Waals surface area contributed by atoms with Crippen LogP contribution in [-0.2, 0) is 6.42 Å². The summed E-state index contributed by atoms with van der Waals surface area (Å²) in [5.74, 6) is 0. The van der Waals surface area contributed by atoms with Crippen molar-refractivity contribution in [1.82, 2.24) is 4.57 Å². The van der Waals surface area contributed by atoms with Crippen LogP contribution in [0.4, 0.5) is 0 Å². The summed E-state index contributed by atoms with van der Waals surface area (Å²) in [5.41, 5.74) is 8.57. The van der Waals surface area contributed by atoms with Crippen molar-refractivity contribution in [2.45, 2.75) is 18.9 Å². The van der Waals surface area contributed by atoms with Crippen molar-refractivity contribution in [2.75, 3.05) is 6.54 Å². The van der Waals surface area contributed by atoms with Crippen molar-refractivity contribution in [1.29, 1.82) is 0 Å². The van der Waals surface area contributed by atoms with E-state index in [4.69, 9.17) is 5.73 Å². The molecule has 1 aliphatic heterocycles. The largest absolute Gasteiger partial charge is 0.340 e. The lowest BCUT2D eigenvalue weighted by Gasteiger charge is -2.11. The predicted octanol–water partition coefficient (Wildman–Crippen LogP) is 2.09. The molecule has 1 unspecified atom stereocenters. The van der Waals surface area contributed by atoms with Gasteiger partial charge in [0, 0.05) is 23.8 Å². The van der Waals surface area contributed by atoms with E-state index < -0.39 is 0 Å². The number of rotatable bonds is 1. The smallest absolute Gasteiger partial charge is 0.0485 e. The third-order valence-corrected chi connectivity index (χ3v) is 3.20. The van der Waals surface area contributed by atoms with Gasteiger partial charge in [0.1, 0.15) is 0 Å². The molecule has 1 aromatic carbocycles. The molecule has 0 saturated heterocycles.